The van der Waals surface area contributed by atoms with Crippen LogP contribution in [-0.2, 0) is 9.53 Å². The standard InChI is InChI=1S/C18H18N2O6/c1-11-5-4-6-15(12(11)2)19-17(21)10-26-18(22)14-9-13(20(23)24)7-8-16(14)25-3/h4-9H,10H2,1-3H3,(H,19,21). The second-order valence-electron chi connectivity index (χ2n) is 5.51. The summed E-state index contributed by atoms with van der Waals surface area (Å²) in [6.07, 6.45) is 0. The van der Waals surface area contributed by atoms with Gasteiger partial charge in [-0.3, -0.25) is 14.9 Å². The molecule has 0 bridgehead atoms. The minimum absolute atomic E-state index is 0.121. The third-order valence-corrected chi connectivity index (χ3v) is 3.83. The molecule has 26 heavy (non-hydrogen) atoms. The van der Waals surface area contributed by atoms with Crippen LogP contribution in [0.25, 0.3) is 0 Å². The number of rotatable bonds is 6. The lowest BCUT2D eigenvalue weighted by atomic mass is 10.1. The lowest BCUT2D eigenvalue weighted by molar-refractivity contribution is -0.384. The molecule has 0 saturated heterocycles. The van der Waals surface area contributed by atoms with Gasteiger partial charge in [0.2, 0.25) is 0 Å². The van der Waals surface area contributed by atoms with E-state index in [2.05, 4.69) is 5.32 Å². The molecule has 0 spiro atoms. The first kappa shape index (κ1) is 18.9. The van der Waals surface area contributed by atoms with Crippen LogP contribution in [0.4, 0.5) is 11.4 Å². The maximum absolute atomic E-state index is 12.2. The summed E-state index contributed by atoms with van der Waals surface area (Å²) in [4.78, 5) is 34.4. The predicted molar refractivity (Wildman–Crippen MR) is 94.5 cm³/mol. The zero-order valence-electron chi connectivity index (χ0n) is 14.6. The van der Waals surface area contributed by atoms with Crippen molar-refractivity contribution in [3.05, 3.63) is 63.2 Å². The fraction of sp³-hybridized carbons (Fsp3) is 0.222. The number of methoxy groups -OCH3 is 1. The van der Waals surface area contributed by atoms with Gasteiger partial charge in [0.15, 0.2) is 6.61 Å². The van der Waals surface area contributed by atoms with Gasteiger partial charge in [0, 0.05) is 17.8 Å². The molecule has 0 unspecified atom stereocenters. The Kier molecular flexibility index (Phi) is 5.90. The van der Waals surface area contributed by atoms with Crippen molar-refractivity contribution in [2.75, 3.05) is 19.0 Å². The van der Waals surface area contributed by atoms with Gasteiger partial charge < -0.3 is 14.8 Å². The SMILES string of the molecule is COc1ccc([N+](=O)[O-])cc1C(=O)OCC(=O)Nc1cccc(C)c1C. The molecular weight excluding hydrogens is 340 g/mol. The van der Waals surface area contributed by atoms with Crippen molar-refractivity contribution in [1.82, 2.24) is 0 Å². The Morgan fingerprint density at radius 2 is 1.92 bits per heavy atom. The first-order chi connectivity index (χ1) is 12.3. The smallest absolute Gasteiger partial charge is 0.342 e. The van der Waals surface area contributed by atoms with E-state index in [9.17, 15) is 19.7 Å². The van der Waals surface area contributed by atoms with E-state index < -0.39 is 23.4 Å². The van der Waals surface area contributed by atoms with Gasteiger partial charge in [-0.1, -0.05) is 12.1 Å². The number of ether oxygens (including phenoxy) is 2. The zero-order valence-corrected chi connectivity index (χ0v) is 14.6. The van der Waals surface area contributed by atoms with E-state index in [1.165, 1.54) is 19.2 Å². The predicted octanol–water partition coefficient (Wildman–Crippen LogP) is 3.02. The number of esters is 1. The maximum atomic E-state index is 12.2. The van der Waals surface area contributed by atoms with Crippen LogP contribution in [0.15, 0.2) is 36.4 Å². The van der Waals surface area contributed by atoms with Gasteiger partial charge in [0.1, 0.15) is 11.3 Å². The van der Waals surface area contributed by atoms with E-state index in [0.29, 0.717) is 5.69 Å². The average molecular weight is 358 g/mol. The molecule has 2 aromatic rings. The summed E-state index contributed by atoms with van der Waals surface area (Å²) < 4.78 is 9.96. The highest BCUT2D eigenvalue weighted by molar-refractivity contribution is 5.97. The van der Waals surface area contributed by atoms with Crippen molar-refractivity contribution in [2.24, 2.45) is 0 Å². The Morgan fingerprint density at radius 1 is 1.19 bits per heavy atom. The number of non-ortho nitro benzene ring substituents is 1. The minimum atomic E-state index is -0.887. The van der Waals surface area contributed by atoms with Crippen molar-refractivity contribution < 1.29 is 24.0 Å². The molecule has 0 radical (unpaired) electrons. The molecule has 1 amide bonds. The number of anilines is 1. The molecule has 2 rings (SSSR count). The summed E-state index contributed by atoms with van der Waals surface area (Å²) in [5, 5.41) is 13.5. The number of nitrogens with zero attached hydrogens (tertiary/aromatic N) is 1. The molecule has 0 aromatic heterocycles. The number of nitro groups is 1. The van der Waals surface area contributed by atoms with Crippen LogP contribution >= 0.6 is 0 Å². The van der Waals surface area contributed by atoms with Gasteiger partial charge in [-0.05, 0) is 37.1 Å². The number of nitro benzene ring substituents is 1. The van der Waals surface area contributed by atoms with Crippen LogP contribution in [-0.4, -0.2) is 30.5 Å². The van der Waals surface area contributed by atoms with Crippen molar-refractivity contribution in [2.45, 2.75) is 13.8 Å². The molecule has 136 valence electrons. The van der Waals surface area contributed by atoms with Crippen LogP contribution in [0.5, 0.6) is 5.75 Å². The second kappa shape index (κ2) is 8.11. The molecule has 2 aromatic carbocycles. The highest BCUT2D eigenvalue weighted by atomic mass is 16.6. The van der Waals surface area contributed by atoms with E-state index in [0.717, 1.165) is 17.2 Å². The first-order valence-electron chi connectivity index (χ1n) is 7.69. The summed E-state index contributed by atoms with van der Waals surface area (Å²) in [5.74, 6) is -1.28. The summed E-state index contributed by atoms with van der Waals surface area (Å²) in [6.45, 7) is 3.25. The molecule has 1 N–H and O–H groups in total. The van der Waals surface area contributed by atoms with E-state index in [1.807, 2.05) is 19.9 Å². The Hall–Kier alpha value is -3.42. The Bertz CT molecular complexity index is 863. The molecule has 0 heterocycles. The van der Waals surface area contributed by atoms with E-state index in [1.54, 1.807) is 12.1 Å². The number of carbonyl (C=O) groups excluding carboxylic acids is 2. The van der Waals surface area contributed by atoms with Gasteiger partial charge in [0.05, 0.1) is 12.0 Å². The van der Waals surface area contributed by atoms with Crippen LogP contribution < -0.4 is 10.1 Å². The molecule has 0 aliphatic carbocycles. The van der Waals surface area contributed by atoms with Gasteiger partial charge in [-0.2, -0.15) is 0 Å². The first-order valence-corrected chi connectivity index (χ1v) is 7.69. The van der Waals surface area contributed by atoms with Crippen molar-refractivity contribution in [1.29, 1.82) is 0 Å². The van der Waals surface area contributed by atoms with Crippen molar-refractivity contribution >= 4 is 23.3 Å². The van der Waals surface area contributed by atoms with Gasteiger partial charge in [0.25, 0.3) is 11.6 Å². The molecule has 0 saturated carbocycles. The van der Waals surface area contributed by atoms with E-state index >= 15 is 0 Å². The topological polar surface area (TPSA) is 108 Å². The number of hydrogen-bond donors (Lipinski definition) is 1. The monoisotopic (exact) mass is 358 g/mol. The molecule has 0 aliphatic rings. The van der Waals surface area contributed by atoms with Gasteiger partial charge in [-0.15, -0.1) is 0 Å². The van der Waals surface area contributed by atoms with Gasteiger partial charge >= 0.3 is 5.97 Å². The number of benzene rings is 2. The lowest BCUT2D eigenvalue weighted by Crippen LogP contribution is -2.21. The Morgan fingerprint density at radius 3 is 2.58 bits per heavy atom. The van der Waals surface area contributed by atoms with Crippen LogP contribution in [0.3, 0.4) is 0 Å². The third-order valence-electron chi connectivity index (χ3n) is 3.83. The van der Waals surface area contributed by atoms with E-state index in [4.69, 9.17) is 9.47 Å². The zero-order chi connectivity index (χ0) is 19.3. The molecule has 8 nitrogen and oxygen atoms in total. The fourth-order valence-corrected chi connectivity index (χ4v) is 2.25. The molecule has 0 atom stereocenters. The van der Waals surface area contributed by atoms with Gasteiger partial charge in [-0.25, -0.2) is 4.79 Å². The Labute approximate surface area is 149 Å². The number of amides is 1. The van der Waals surface area contributed by atoms with Crippen LogP contribution in [0, 0.1) is 24.0 Å². The quantitative estimate of drug-likeness (QED) is 0.483. The fourth-order valence-electron chi connectivity index (χ4n) is 2.25. The van der Waals surface area contributed by atoms with Crippen LogP contribution in [0.1, 0.15) is 21.5 Å². The second-order valence-corrected chi connectivity index (χ2v) is 5.51. The summed E-state index contributed by atoms with van der Waals surface area (Å²) in [6, 6.07) is 9.01. The van der Waals surface area contributed by atoms with E-state index in [-0.39, 0.29) is 17.0 Å². The number of carbonyl (C=O) groups is 2. The molecule has 0 aliphatic heterocycles. The average Bonchev–Trinajstić information content (AvgIpc) is 2.62. The number of aryl methyl sites for hydroxylation is 1. The summed E-state index contributed by atoms with van der Waals surface area (Å²) in [7, 11) is 1.32. The van der Waals surface area contributed by atoms with Crippen LogP contribution in [0.2, 0.25) is 0 Å². The highest BCUT2D eigenvalue weighted by Crippen LogP contribution is 2.24. The third kappa shape index (κ3) is 4.35. The summed E-state index contributed by atoms with van der Waals surface area (Å²) >= 11 is 0. The van der Waals surface area contributed by atoms with Crippen molar-refractivity contribution in [3.63, 3.8) is 0 Å². The number of hydrogen-bond acceptors (Lipinski definition) is 6. The molecule has 8 heteroatoms. The molecule has 0 fully saturated rings. The summed E-state index contributed by atoms with van der Waals surface area (Å²) in [5.41, 5.74) is 2.14. The maximum Gasteiger partial charge on any atom is 0.342 e. The lowest BCUT2D eigenvalue weighted by Gasteiger charge is -2.11. The van der Waals surface area contributed by atoms with Crippen molar-refractivity contribution in [3.8, 4) is 5.75 Å². The Balaban J connectivity index is 2.06. The normalized spacial score (nSPS) is 10.1. The molecular formula is C18H18N2O6. The minimum Gasteiger partial charge on any atom is -0.496 e. The largest absolute Gasteiger partial charge is 0.496 e. The number of nitrogens with one attached hydrogen (secondary N) is 1. The highest BCUT2D eigenvalue weighted by Gasteiger charge is 2.19.